The van der Waals surface area contributed by atoms with Gasteiger partial charge in [-0.15, -0.1) is 0 Å². The fourth-order valence-electron chi connectivity index (χ4n) is 2.14. The van der Waals surface area contributed by atoms with Crippen molar-refractivity contribution in [3.63, 3.8) is 0 Å². The molecule has 0 radical (unpaired) electrons. The van der Waals surface area contributed by atoms with Gasteiger partial charge >= 0.3 is 0 Å². The van der Waals surface area contributed by atoms with Gasteiger partial charge in [-0.05, 0) is 42.9 Å². The van der Waals surface area contributed by atoms with Gasteiger partial charge < -0.3 is 5.32 Å². The summed E-state index contributed by atoms with van der Waals surface area (Å²) in [6.07, 6.45) is 3.78. The van der Waals surface area contributed by atoms with Crippen molar-refractivity contribution < 1.29 is 0 Å². The zero-order valence-electron chi connectivity index (χ0n) is 9.09. The molecule has 0 aliphatic heterocycles. The number of rotatable bonds is 3. The highest BCUT2D eigenvalue weighted by Gasteiger charge is 2.24. The van der Waals surface area contributed by atoms with E-state index < -0.39 is 0 Å². The van der Waals surface area contributed by atoms with Crippen molar-refractivity contribution in [1.82, 2.24) is 0 Å². The Morgan fingerprint density at radius 1 is 1.36 bits per heavy atom. The van der Waals surface area contributed by atoms with Gasteiger partial charge in [0.2, 0.25) is 0 Å². The SMILES string of the molecule is CCc1cccc(NC2CC(C)C2)c1. The Morgan fingerprint density at radius 3 is 2.79 bits per heavy atom. The van der Waals surface area contributed by atoms with E-state index in [1.807, 2.05) is 0 Å². The van der Waals surface area contributed by atoms with Gasteiger partial charge in [0.05, 0.1) is 0 Å². The third-order valence-electron chi connectivity index (χ3n) is 3.08. The fourth-order valence-corrected chi connectivity index (χ4v) is 2.14. The quantitative estimate of drug-likeness (QED) is 0.767. The average Bonchev–Trinajstić information content (AvgIpc) is 2.16. The van der Waals surface area contributed by atoms with Crippen molar-refractivity contribution in [1.29, 1.82) is 0 Å². The Hall–Kier alpha value is -0.980. The second-order valence-electron chi connectivity index (χ2n) is 4.47. The van der Waals surface area contributed by atoms with Crippen LogP contribution in [0, 0.1) is 5.92 Å². The van der Waals surface area contributed by atoms with E-state index in [2.05, 4.69) is 43.4 Å². The molecule has 1 aliphatic rings. The van der Waals surface area contributed by atoms with Crippen LogP contribution in [0.3, 0.4) is 0 Å². The third-order valence-corrected chi connectivity index (χ3v) is 3.08. The molecule has 1 fully saturated rings. The molecule has 0 spiro atoms. The van der Waals surface area contributed by atoms with E-state index in [4.69, 9.17) is 0 Å². The minimum Gasteiger partial charge on any atom is -0.382 e. The molecular formula is C13H19N. The summed E-state index contributed by atoms with van der Waals surface area (Å²) >= 11 is 0. The molecular weight excluding hydrogens is 170 g/mol. The highest BCUT2D eigenvalue weighted by Crippen LogP contribution is 2.29. The lowest BCUT2D eigenvalue weighted by Gasteiger charge is -2.34. The molecule has 0 atom stereocenters. The van der Waals surface area contributed by atoms with Crippen molar-refractivity contribution >= 4 is 5.69 Å². The van der Waals surface area contributed by atoms with Crippen molar-refractivity contribution in [2.75, 3.05) is 5.32 Å². The van der Waals surface area contributed by atoms with Gasteiger partial charge in [-0.1, -0.05) is 26.0 Å². The minimum atomic E-state index is 0.720. The molecule has 2 rings (SSSR count). The number of nitrogens with one attached hydrogen (secondary N) is 1. The molecule has 0 heterocycles. The van der Waals surface area contributed by atoms with Gasteiger partial charge in [0, 0.05) is 11.7 Å². The highest BCUT2D eigenvalue weighted by molar-refractivity contribution is 5.46. The Kier molecular flexibility index (Phi) is 2.76. The lowest BCUT2D eigenvalue weighted by atomic mass is 9.82. The largest absolute Gasteiger partial charge is 0.382 e. The predicted molar refractivity (Wildman–Crippen MR) is 61.6 cm³/mol. The van der Waals surface area contributed by atoms with Gasteiger partial charge in [-0.2, -0.15) is 0 Å². The summed E-state index contributed by atoms with van der Waals surface area (Å²) in [4.78, 5) is 0. The molecule has 0 amide bonds. The van der Waals surface area contributed by atoms with Crippen LogP contribution in [0.1, 0.15) is 32.3 Å². The highest BCUT2D eigenvalue weighted by atomic mass is 14.9. The summed E-state index contributed by atoms with van der Waals surface area (Å²) < 4.78 is 0. The Balaban J connectivity index is 1.95. The lowest BCUT2D eigenvalue weighted by Crippen LogP contribution is -2.33. The number of aryl methyl sites for hydroxylation is 1. The van der Waals surface area contributed by atoms with Crippen LogP contribution in [0.5, 0.6) is 0 Å². The monoisotopic (exact) mass is 189 g/mol. The second-order valence-corrected chi connectivity index (χ2v) is 4.47. The number of benzene rings is 1. The van der Waals surface area contributed by atoms with Crippen LogP contribution in [0.15, 0.2) is 24.3 Å². The van der Waals surface area contributed by atoms with E-state index in [-0.39, 0.29) is 0 Å². The summed E-state index contributed by atoms with van der Waals surface area (Å²) in [5, 5.41) is 3.58. The van der Waals surface area contributed by atoms with E-state index in [9.17, 15) is 0 Å². The zero-order valence-corrected chi connectivity index (χ0v) is 9.09. The van der Waals surface area contributed by atoms with Crippen LogP contribution >= 0.6 is 0 Å². The Bertz CT molecular complexity index is 300. The third kappa shape index (κ3) is 2.09. The first-order valence-electron chi connectivity index (χ1n) is 5.63. The molecule has 0 unspecified atom stereocenters. The van der Waals surface area contributed by atoms with E-state index >= 15 is 0 Å². The molecule has 14 heavy (non-hydrogen) atoms. The first-order valence-corrected chi connectivity index (χ1v) is 5.63. The van der Waals surface area contributed by atoms with Crippen LogP contribution in [-0.2, 0) is 6.42 Å². The number of hydrogen-bond donors (Lipinski definition) is 1. The summed E-state index contributed by atoms with van der Waals surface area (Å²) in [7, 11) is 0. The maximum absolute atomic E-state index is 3.58. The maximum Gasteiger partial charge on any atom is 0.0345 e. The van der Waals surface area contributed by atoms with Gasteiger partial charge in [-0.25, -0.2) is 0 Å². The average molecular weight is 189 g/mol. The van der Waals surface area contributed by atoms with E-state index in [0.29, 0.717) is 0 Å². The molecule has 76 valence electrons. The molecule has 0 bridgehead atoms. The van der Waals surface area contributed by atoms with Crippen molar-refractivity contribution in [2.24, 2.45) is 5.92 Å². The van der Waals surface area contributed by atoms with Gasteiger partial charge in [0.15, 0.2) is 0 Å². The van der Waals surface area contributed by atoms with Crippen LogP contribution in [-0.4, -0.2) is 6.04 Å². The lowest BCUT2D eigenvalue weighted by molar-refractivity contribution is 0.309. The maximum atomic E-state index is 3.58. The molecule has 1 N–H and O–H groups in total. The summed E-state index contributed by atoms with van der Waals surface area (Å²) in [6.45, 7) is 4.52. The summed E-state index contributed by atoms with van der Waals surface area (Å²) in [5.74, 6) is 0.918. The van der Waals surface area contributed by atoms with Crippen LogP contribution in [0.4, 0.5) is 5.69 Å². The zero-order chi connectivity index (χ0) is 9.97. The fraction of sp³-hybridized carbons (Fsp3) is 0.538. The molecule has 1 aliphatic carbocycles. The van der Waals surface area contributed by atoms with Crippen molar-refractivity contribution in [3.05, 3.63) is 29.8 Å². The Labute approximate surface area is 86.5 Å². The molecule has 1 saturated carbocycles. The van der Waals surface area contributed by atoms with Gasteiger partial charge in [0.25, 0.3) is 0 Å². The van der Waals surface area contributed by atoms with E-state index in [1.165, 1.54) is 24.1 Å². The molecule has 1 nitrogen and oxygen atoms in total. The van der Waals surface area contributed by atoms with Gasteiger partial charge in [-0.3, -0.25) is 0 Å². The number of hydrogen-bond acceptors (Lipinski definition) is 1. The normalized spacial score (nSPS) is 25.6. The van der Waals surface area contributed by atoms with Gasteiger partial charge in [0.1, 0.15) is 0 Å². The minimum absolute atomic E-state index is 0.720. The van der Waals surface area contributed by atoms with E-state index in [0.717, 1.165) is 18.4 Å². The van der Waals surface area contributed by atoms with Crippen LogP contribution in [0.2, 0.25) is 0 Å². The molecule has 1 aromatic carbocycles. The smallest absolute Gasteiger partial charge is 0.0345 e. The molecule has 0 aromatic heterocycles. The summed E-state index contributed by atoms with van der Waals surface area (Å²) in [6, 6.07) is 9.49. The molecule has 1 aromatic rings. The first-order chi connectivity index (χ1) is 6.78. The first kappa shape index (κ1) is 9.57. The number of anilines is 1. The topological polar surface area (TPSA) is 12.0 Å². The molecule has 1 heteroatoms. The van der Waals surface area contributed by atoms with Crippen LogP contribution in [0.25, 0.3) is 0 Å². The molecule has 0 saturated heterocycles. The van der Waals surface area contributed by atoms with Crippen molar-refractivity contribution in [3.8, 4) is 0 Å². The second kappa shape index (κ2) is 4.04. The van der Waals surface area contributed by atoms with Crippen LogP contribution < -0.4 is 5.32 Å². The Morgan fingerprint density at radius 2 is 2.14 bits per heavy atom. The summed E-state index contributed by atoms with van der Waals surface area (Å²) in [5.41, 5.74) is 2.71. The predicted octanol–water partition coefficient (Wildman–Crippen LogP) is 3.46. The van der Waals surface area contributed by atoms with Crippen molar-refractivity contribution in [2.45, 2.75) is 39.2 Å². The standard InChI is InChI=1S/C13H19N/c1-3-11-5-4-6-12(9-11)14-13-7-10(2)8-13/h4-6,9-10,13-14H,3,7-8H2,1-2H3. The van der Waals surface area contributed by atoms with E-state index in [1.54, 1.807) is 0 Å².